The van der Waals surface area contributed by atoms with Crippen LogP contribution in [-0.4, -0.2) is 18.0 Å². The van der Waals surface area contributed by atoms with Crippen LogP contribution in [0.4, 0.5) is 18.3 Å². The zero-order chi connectivity index (χ0) is 20.8. The van der Waals surface area contributed by atoms with Crippen molar-refractivity contribution < 1.29 is 27.1 Å². The number of anilines is 1. The molecule has 0 radical (unpaired) electrons. The Kier molecular flexibility index (Phi) is 4.85. The summed E-state index contributed by atoms with van der Waals surface area (Å²) in [5.74, 6) is -1.40. The summed E-state index contributed by atoms with van der Waals surface area (Å²) in [7, 11) is 1.62. The van der Waals surface area contributed by atoms with E-state index in [-0.39, 0.29) is 10.9 Å². The van der Waals surface area contributed by atoms with E-state index in [1.807, 2.05) is 18.2 Å². The van der Waals surface area contributed by atoms with Crippen LogP contribution < -0.4 is 10.1 Å². The summed E-state index contributed by atoms with van der Waals surface area (Å²) >= 11 is 1.24. The molecule has 3 aromatic rings. The van der Waals surface area contributed by atoms with Gasteiger partial charge >= 0.3 is 6.18 Å². The number of ether oxygens (including phenoxy) is 1. The van der Waals surface area contributed by atoms with Gasteiger partial charge in [0.15, 0.2) is 5.13 Å². The van der Waals surface area contributed by atoms with E-state index in [4.69, 9.17) is 9.15 Å². The molecule has 0 saturated carbocycles. The molecule has 0 spiro atoms. The largest absolute Gasteiger partial charge is 0.496 e. The summed E-state index contributed by atoms with van der Waals surface area (Å²) in [4.78, 5) is 17.9. The maximum Gasteiger partial charge on any atom is 0.450 e. The van der Waals surface area contributed by atoms with Crippen LogP contribution in [0.3, 0.4) is 0 Å². The number of halogens is 3. The minimum Gasteiger partial charge on any atom is -0.496 e. The van der Waals surface area contributed by atoms with Gasteiger partial charge in [-0.15, -0.1) is 0 Å². The Balaban J connectivity index is 1.68. The Hall–Kier alpha value is -2.81. The monoisotopic (exact) mass is 422 g/mol. The molecule has 0 saturated heterocycles. The predicted octanol–water partition coefficient (Wildman–Crippen LogP) is 5.48. The number of furan rings is 1. The summed E-state index contributed by atoms with van der Waals surface area (Å²) in [6, 6.07) is 6.83. The standard InChI is InChI=1S/C20H17F3N2O3S/c1-10-9-13(17(28-10)20(21,22)23)18(26)25-19-24-14-7-3-5-11-12(16(14)29-19)6-4-8-15(11)27-2/h4,6,8-9H,3,5,7H2,1-2H3,(H,24,25,26). The van der Waals surface area contributed by atoms with Gasteiger partial charge in [-0.05, 0) is 38.3 Å². The first-order valence-electron chi connectivity index (χ1n) is 8.93. The van der Waals surface area contributed by atoms with Crippen molar-refractivity contribution >= 4 is 22.4 Å². The molecule has 2 heterocycles. The normalized spacial score (nSPS) is 13.4. The highest BCUT2D eigenvalue weighted by Gasteiger charge is 2.40. The zero-order valence-corrected chi connectivity index (χ0v) is 16.5. The zero-order valence-electron chi connectivity index (χ0n) is 15.6. The van der Waals surface area contributed by atoms with E-state index in [1.165, 1.54) is 18.3 Å². The predicted molar refractivity (Wildman–Crippen MR) is 103 cm³/mol. The molecule has 5 nitrogen and oxygen atoms in total. The lowest BCUT2D eigenvalue weighted by Crippen LogP contribution is -2.16. The van der Waals surface area contributed by atoms with Gasteiger partial charge in [-0.25, -0.2) is 4.98 Å². The quantitative estimate of drug-likeness (QED) is 0.607. The molecule has 1 aromatic carbocycles. The first-order valence-corrected chi connectivity index (χ1v) is 9.74. The second kappa shape index (κ2) is 7.22. The number of aromatic nitrogens is 1. The SMILES string of the molecule is COc1cccc2c1CCCc1nc(NC(=O)c3cc(C)oc3C(F)(F)F)sc1-2. The fourth-order valence-electron chi connectivity index (χ4n) is 3.50. The highest BCUT2D eigenvalue weighted by molar-refractivity contribution is 7.19. The van der Waals surface area contributed by atoms with Crippen LogP contribution in [0.5, 0.6) is 5.75 Å². The molecular weight excluding hydrogens is 405 g/mol. The third-order valence-electron chi connectivity index (χ3n) is 4.71. The number of nitrogens with zero attached hydrogens (tertiary/aromatic N) is 1. The molecule has 152 valence electrons. The van der Waals surface area contributed by atoms with Crippen molar-refractivity contribution in [3.63, 3.8) is 0 Å². The molecule has 0 bridgehead atoms. The number of methoxy groups -OCH3 is 1. The summed E-state index contributed by atoms with van der Waals surface area (Å²) in [6.07, 6.45) is -2.35. The number of fused-ring (bicyclic) bond motifs is 3. The first kappa shape index (κ1) is 19.5. The van der Waals surface area contributed by atoms with E-state index < -0.39 is 23.4 Å². The molecule has 2 aromatic heterocycles. The van der Waals surface area contributed by atoms with Crippen molar-refractivity contribution in [2.24, 2.45) is 0 Å². The average molecular weight is 422 g/mol. The third-order valence-corrected chi connectivity index (χ3v) is 5.76. The fourth-order valence-corrected chi connectivity index (χ4v) is 4.56. The number of amides is 1. The van der Waals surface area contributed by atoms with Gasteiger partial charge in [0.2, 0.25) is 5.76 Å². The number of rotatable bonds is 3. The summed E-state index contributed by atoms with van der Waals surface area (Å²) in [6.45, 7) is 1.36. The maximum atomic E-state index is 13.1. The molecule has 0 atom stereocenters. The number of thiazole rings is 1. The van der Waals surface area contributed by atoms with E-state index in [0.717, 1.165) is 46.4 Å². The number of benzene rings is 1. The van der Waals surface area contributed by atoms with E-state index in [0.29, 0.717) is 6.42 Å². The van der Waals surface area contributed by atoms with Crippen molar-refractivity contribution in [1.29, 1.82) is 0 Å². The van der Waals surface area contributed by atoms with Crippen LogP contribution in [-0.2, 0) is 19.0 Å². The lowest BCUT2D eigenvalue weighted by atomic mass is 10.0. The average Bonchev–Trinajstić information content (AvgIpc) is 3.21. The molecule has 0 aliphatic heterocycles. The smallest absolute Gasteiger partial charge is 0.450 e. The molecule has 0 unspecified atom stereocenters. The number of nitrogens with one attached hydrogen (secondary N) is 1. The molecule has 0 fully saturated rings. The van der Waals surface area contributed by atoms with Crippen molar-refractivity contribution in [3.8, 4) is 16.2 Å². The molecule has 1 aliphatic carbocycles. The van der Waals surface area contributed by atoms with Gasteiger partial charge in [-0.2, -0.15) is 13.2 Å². The Labute approximate surface area is 168 Å². The molecule has 1 amide bonds. The fraction of sp³-hybridized carbons (Fsp3) is 0.300. The van der Waals surface area contributed by atoms with Crippen LogP contribution >= 0.6 is 11.3 Å². The minimum absolute atomic E-state index is 0.0124. The van der Waals surface area contributed by atoms with E-state index >= 15 is 0 Å². The number of hydrogen-bond donors (Lipinski definition) is 1. The molecule has 9 heteroatoms. The van der Waals surface area contributed by atoms with Gasteiger partial charge in [-0.3, -0.25) is 10.1 Å². The number of hydrogen-bond acceptors (Lipinski definition) is 5. The topological polar surface area (TPSA) is 64.4 Å². The van der Waals surface area contributed by atoms with Gasteiger partial charge < -0.3 is 9.15 Å². The molecular formula is C20H17F3N2O3S. The Morgan fingerprint density at radius 3 is 2.83 bits per heavy atom. The highest BCUT2D eigenvalue weighted by atomic mass is 32.1. The van der Waals surface area contributed by atoms with E-state index in [2.05, 4.69) is 10.3 Å². The van der Waals surface area contributed by atoms with Gasteiger partial charge in [0.05, 0.1) is 23.2 Å². The van der Waals surface area contributed by atoms with E-state index in [1.54, 1.807) is 7.11 Å². The van der Waals surface area contributed by atoms with Crippen LogP contribution in [0.1, 0.15) is 39.6 Å². The number of alkyl halides is 3. The Morgan fingerprint density at radius 1 is 1.31 bits per heavy atom. The minimum atomic E-state index is -4.75. The van der Waals surface area contributed by atoms with Crippen molar-refractivity contribution in [2.45, 2.75) is 32.4 Å². The second-order valence-electron chi connectivity index (χ2n) is 6.69. The lowest BCUT2D eigenvalue weighted by molar-refractivity contribution is -0.153. The third kappa shape index (κ3) is 3.62. The number of carbonyl (C=O) groups excluding carboxylic acids is 1. The molecule has 1 N–H and O–H groups in total. The van der Waals surface area contributed by atoms with Crippen LogP contribution in [0.2, 0.25) is 0 Å². The van der Waals surface area contributed by atoms with Gasteiger partial charge in [-0.1, -0.05) is 23.5 Å². The molecule has 29 heavy (non-hydrogen) atoms. The summed E-state index contributed by atoms with van der Waals surface area (Å²) < 4.78 is 49.5. The van der Waals surface area contributed by atoms with Crippen molar-refractivity contribution in [1.82, 2.24) is 4.98 Å². The van der Waals surface area contributed by atoms with Gasteiger partial charge in [0, 0.05) is 11.1 Å². The lowest BCUT2D eigenvalue weighted by Gasteiger charge is -2.10. The number of aryl methyl sites for hydroxylation is 2. The summed E-state index contributed by atoms with van der Waals surface area (Å²) in [5.41, 5.74) is 2.31. The molecule has 4 rings (SSSR count). The molecule has 1 aliphatic rings. The first-order chi connectivity index (χ1) is 13.8. The Morgan fingerprint density at radius 2 is 2.10 bits per heavy atom. The van der Waals surface area contributed by atoms with Crippen molar-refractivity contribution in [2.75, 3.05) is 12.4 Å². The van der Waals surface area contributed by atoms with Crippen LogP contribution in [0.15, 0.2) is 28.7 Å². The number of carbonyl (C=O) groups is 1. The van der Waals surface area contributed by atoms with Crippen molar-refractivity contribution in [3.05, 3.63) is 52.6 Å². The van der Waals surface area contributed by atoms with Crippen LogP contribution in [0, 0.1) is 6.92 Å². The van der Waals surface area contributed by atoms with Gasteiger partial charge in [0.1, 0.15) is 11.5 Å². The summed E-state index contributed by atoms with van der Waals surface area (Å²) in [5, 5.41) is 2.75. The van der Waals surface area contributed by atoms with Crippen LogP contribution in [0.25, 0.3) is 10.4 Å². The highest BCUT2D eigenvalue weighted by Crippen LogP contribution is 2.42. The van der Waals surface area contributed by atoms with Gasteiger partial charge in [0.25, 0.3) is 5.91 Å². The second-order valence-corrected chi connectivity index (χ2v) is 7.69. The van der Waals surface area contributed by atoms with E-state index in [9.17, 15) is 18.0 Å². The maximum absolute atomic E-state index is 13.1. The Bertz CT molecular complexity index is 1090.